The Morgan fingerprint density at radius 1 is 1.24 bits per heavy atom. The topological polar surface area (TPSA) is 21.3 Å². The second-order valence-electron chi connectivity index (χ2n) is 4.98. The van der Waals surface area contributed by atoms with Gasteiger partial charge in [-0.1, -0.05) is 37.6 Å². The number of rotatable bonds is 5. The summed E-state index contributed by atoms with van der Waals surface area (Å²) in [4.78, 5) is 0. The minimum Gasteiger partial charge on any atom is -0.456 e. The van der Waals surface area contributed by atoms with E-state index in [-0.39, 0.29) is 5.02 Å². The Balaban J connectivity index is 2.08. The number of ether oxygens (including phenoxy) is 1. The van der Waals surface area contributed by atoms with Crippen molar-refractivity contribution in [3.8, 4) is 11.5 Å². The Morgan fingerprint density at radius 3 is 2.52 bits per heavy atom. The van der Waals surface area contributed by atoms with Gasteiger partial charge >= 0.3 is 0 Å². The van der Waals surface area contributed by atoms with Crippen LogP contribution < -0.4 is 10.1 Å². The maximum atomic E-state index is 13.5. The van der Waals surface area contributed by atoms with Crippen LogP contribution in [0, 0.1) is 5.82 Å². The first-order valence-electron chi connectivity index (χ1n) is 6.60. The molecule has 2 aromatic carbocycles. The Bertz CT molecular complexity index is 616. The lowest BCUT2D eigenvalue weighted by atomic mass is 10.2. The quantitative estimate of drug-likeness (QED) is 0.697. The van der Waals surface area contributed by atoms with E-state index in [2.05, 4.69) is 35.1 Å². The lowest BCUT2D eigenvalue weighted by molar-refractivity contribution is 0.473. The average Bonchev–Trinajstić information content (AvgIpc) is 2.44. The molecule has 0 heterocycles. The maximum Gasteiger partial charge on any atom is 0.145 e. The molecular formula is C16H16BrClFNO. The summed E-state index contributed by atoms with van der Waals surface area (Å²) in [5.74, 6) is 0.531. The highest BCUT2D eigenvalue weighted by Crippen LogP contribution is 2.33. The largest absolute Gasteiger partial charge is 0.456 e. The van der Waals surface area contributed by atoms with Gasteiger partial charge in [-0.25, -0.2) is 4.39 Å². The highest BCUT2D eigenvalue weighted by molar-refractivity contribution is 9.10. The van der Waals surface area contributed by atoms with Gasteiger partial charge in [-0.2, -0.15) is 0 Å². The van der Waals surface area contributed by atoms with Gasteiger partial charge in [0.25, 0.3) is 0 Å². The molecule has 0 saturated heterocycles. The van der Waals surface area contributed by atoms with E-state index in [1.807, 2.05) is 24.3 Å². The van der Waals surface area contributed by atoms with Crippen LogP contribution in [0.5, 0.6) is 11.5 Å². The van der Waals surface area contributed by atoms with Crippen molar-refractivity contribution in [2.45, 2.75) is 26.4 Å². The molecule has 0 radical (unpaired) electrons. The fourth-order valence-corrected chi connectivity index (χ4v) is 2.43. The zero-order chi connectivity index (χ0) is 15.4. The van der Waals surface area contributed by atoms with Crippen LogP contribution in [0.3, 0.4) is 0 Å². The van der Waals surface area contributed by atoms with E-state index >= 15 is 0 Å². The monoisotopic (exact) mass is 371 g/mol. The van der Waals surface area contributed by atoms with E-state index in [9.17, 15) is 4.39 Å². The maximum absolute atomic E-state index is 13.5. The third-order valence-electron chi connectivity index (χ3n) is 2.84. The predicted molar refractivity (Wildman–Crippen MR) is 87.6 cm³/mol. The standard InChI is InChI=1S/C16H16BrClFNO/c1-10(2)20-9-11-3-5-12(6-4-11)21-16-8-15(19)14(18)7-13(16)17/h3-8,10,20H,9H2,1-2H3. The molecule has 0 spiro atoms. The number of halogens is 3. The normalized spacial score (nSPS) is 11.0. The first kappa shape index (κ1) is 16.3. The molecule has 5 heteroatoms. The summed E-state index contributed by atoms with van der Waals surface area (Å²) >= 11 is 9.01. The third kappa shape index (κ3) is 4.70. The molecule has 0 aromatic heterocycles. The molecule has 0 fully saturated rings. The highest BCUT2D eigenvalue weighted by atomic mass is 79.9. The van der Waals surface area contributed by atoms with Gasteiger partial charge in [-0.3, -0.25) is 0 Å². The number of hydrogen-bond acceptors (Lipinski definition) is 2. The number of nitrogens with one attached hydrogen (secondary N) is 1. The second-order valence-corrected chi connectivity index (χ2v) is 6.24. The summed E-state index contributed by atoms with van der Waals surface area (Å²) in [5, 5.41) is 3.40. The van der Waals surface area contributed by atoms with Gasteiger partial charge < -0.3 is 10.1 Å². The van der Waals surface area contributed by atoms with Crippen LogP contribution >= 0.6 is 27.5 Å². The molecule has 21 heavy (non-hydrogen) atoms. The molecule has 2 aromatic rings. The first-order valence-corrected chi connectivity index (χ1v) is 7.77. The average molecular weight is 373 g/mol. The Morgan fingerprint density at radius 2 is 1.90 bits per heavy atom. The summed E-state index contributed by atoms with van der Waals surface area (Å²) in [7, 11) is 0. The van der Waals surface area contributed by atoms with Crippen molar-refractivity contribution >= 4 is 27.5 Å². The summed E-state index contributed by atoms with van der Waals surface area (Å²) in [5.41, 5.74) is 1.16. The molecule has 0 saturated carbocycles. The molecular weight excluding hydrogens is 357 g/mol. The van der Waals surface area contributed by atoms with Crippen LogP contribution in [-0.4, -0.2) is 6.04 Å². The van der Waals surface area contributed by atoms with E-state index < -0.39 is 5.82 Å². The van der Waals surface area contributed by atoms with Crippen LogP contribution in [0.4, 0.5) is 4.39 Å². The predicted octanol–water partition coefficient (Wildman–Crippen LogP) is 5.53. The molecule has 1 N–H and O–H groups in total. The second kappa shape index (κ2) is 7.25. The molecule has 2 nitrogen and oxygen atoms in total. The first-order chi connectivity index (χ1) is 9.95. The van der Waals surface area contributed by atoms with Crippen molar-refractivity contribution < 1.29 is 9.13 Å². The van der Waals surface area contributed by atoms with E-state index in [1.165, 1.54) is 12.1 Å². The lowest BCUT2D eigenvalue weighted by Gasteiger charge is -2.11. The van der Waals surface area contributed by atoms with Gasteiger partial charge in [0, 0.05) is 18.7 Å². The molecule has 112 valence electrons. The smallest absolute Gasteiger partial charge is 0.145 e. The Hall–Kier alpha value is -1.10. The van der Waals surface area contributed by atoms with Gasteiger partial charge in [0.15, 0.2) is 0 Å². The van der Waals surface area contributed by atoms with Crippen LogP contribution in [-0.2, 0) is 6.54 Å². The molecule has 0 aliphatic heterocycles. The fourth-order valence-electron chi connectivity index (χ4n) is 1.71. The van der Waals surface area contributed by atoms with Crippen molar-refractivity contribution in [3.05, 3.63) is 57.3 Å². The molecule has 0 unspecified atom stereocenters. The van der Waals surface area contributed by atoms with Crippen LogP contribution in [0.2, 0.25) is 5.02 Å². The van der Waals surface area contributed by atoms with Gasteiger partial charge in [-0.15, -0.1) is 0 Å². The molecule has 0 aliphatic rings. The van der Waals surface area contributed by atoms with Crippen LogP contribution in [0.1, 0.15) is 19.4 Å². The van der Waals surface area contributed by atoms with Crippen molar-refractivity contribution in [1.29, 1.82) is 0 Å². The van der Waals surface area contributed by atoms with Gasteiger partial charge in [0.1, 0.15) is 17.3 Å². The van der Waals surface area contributed by atoms with Gasteiger partial charge in [0.2, 0.25) is 0 Å². The summed E-state index contributed by atoms with van der Waals surface area (Å²) < 4.78 is 19.7. The summed E-state index contributed by atoms with van der Waals surface area (Å²) in [6.45, 7) is 5.01. The van der Waals surface area contributed by atoms with Gasteiger partial charge in [0.05, 0.1) is 9.50 Å². The summed E-state index contributed by atoms with van der Waals surface area (Å²) in [6.07, 6.45) is 0. The van der Waals surface area contributed by atoms with Crippen molar-refractivity contribution in [3.63, 3.8) is 0 Å². The molecule has 2 rings (SSSR count). The molecule has 0 amide bonds. The number of hydrogen-bond donors (Lipinski definition) is 1. The van der Waals surface area contributed by atoms with Crippen molar-refractivity contribution in [2.24, 2.45) is 0 Å². The third-order valence-corrected chi connectivity index (χ3v) is 3.75. The molecule has 0 aliphatic carbocycles. The minimum absolute atomic E-state index is 0.0596. The summed E-state index contributed by atoms with van der Waals surface area (Å²) in [6, 6.07) is 10.9. The zero-order valence-corrected chi connectivity index (χ0v) is 14.1. The number of benzene rings is 2. The fraction of sp³-hybridized carbons (Fsp3) is 0.250. The zero-order valence-electron chi connectivity index (χ0n) is 11.8. The van der Waals surface area contributed by atoms with Gasteiger partial charge in [-0.05, 0) is 39.7 Å². The van der Waals surface area contributed by atoms with E-state index in [0.29, 0.717) is 22.0 Å². The highest BCUT2D eigenvalue weighted by Gasteiger charge is 2.09. The molecule has 0 atom stereocenters. The van der Waals surface area contributed by atoms with E-state index in [1.54, 1.807) is 0 Å². The van der Waals surface area contributed by atoms with Crippen molar-refractivity contribution in [1.82, 2.24) is 5.32 Å². The van der Waals surface area contributed by atoms with E-state index in [4.69, 9.17) is 16.3 Å². The van der Waals surface area contributed by atoms with Crippen molar-refractivity contribution in [2.75, 3.05) is 0 Å². The lowest BCUT2D eigenvalue weighted by Crippen LogP contribution is -2.21. The Kier molecular flexibility index (Phi) is 5.62. The van der Waals surface area contributed by atoms with Crippen LogP contribution in [0.25, 0.3) is 0 Å². The Labute approximate surface area is 137 Å². The SMILES string of the molecule is CC(C)NCc1ccc(Oc2cc(F)c(Cl)cc2Br)cc1. The minimum atomic E-state index is -0.507. The van der Waals surface area contributed by atoms with Crippen LogP contribution in [0.15, 0.2) is 40.9 Å². The molecule has 0 bridgehead atoms. The van der Waals surface area contributed by atoms with E-state index in [0.717, 1.165) is 12.1 Å².